The number of amides is 1. The van der Waals surface area contributed by atoms with Crippen molar-refractivity contribution in [1.29, 1.82) is 0 Å². The topological polar surface area (TPSA) is 57.8 Å². The number of aromatic nitrogens is 2. The smallest absolute Gasteiger partial charge is 0.271 e. The van der Waals surface area contributed by atoms with Crippen LogP contribution in [-0.2, 0) is 6.54 Å². The molecule has 5 heteroatoms. The van der Waals surface area contributed by atoms with Crippen LogP contribution < -0.4 is 5.32 Å². The van der Waals surface area contributed by atoms with E-state index < -0.39 is 0 Å². The standard InChI is InChI=1S/C11H10BrN3O/c12-9-2-1-4-14-10(9)11(16)15-7-8-3-5-13-6-8/h1-6,13H,7H2,(H,15,16). The van der Waals surface area contributed by atoms with Gasteiger partial charge in [-0.2, -0.15) is 0 Å². The zero-order valence-corrected chi connectivity index (χ0v) is 9.99. The number of nitrogens with zero attached hydrogens (tertiary/aromatic N) is 1. The molecular formula is C11H10BrN3O. The molecule has 82 valence electrons. The molecule has 2 N–H and O–H groups in total. The van der Waals surface area contributed by atoms with Crippen LogP contribution in [0.2, 0.25) is 0 Å². The van der Waals surface area contributed by atoms with E-state index in [9.17, 15) is 4.79 Å². The molecule has 0 aliphatic carbocycles. The van der Waals surface area contributed by atoms with E-state index >= 15 is 0 Å². The third-order valence-corrected chi connectivity index (χ3v) is 2.73. The Morgan fingerprint density at radius 2 is 2.38 bits per heavy atom. The number of halogens is 1. The molecule has 0 unspecified atom stereocenters. The van der Waals surface area contributed by atoms with E-state index in [1.54, 1.807) is 18.3 Å². The highest BCUT2D eigenvalue weighted by Crippen LogP contribution is 2.12. The van der Waals surface area contributed by atoms with E-state index in [2.05, 4.69) is 31.2 Å². The molecule has 1 amide bonds. The summed E-state index contributed by atoms with van der Waals surface area (Å²) in [5.74, 6) is -0.186. The summed E-state index contributed by atoms with van der Waals surface area (Å²) in [7, 11) is 0. The fourth-order valence-electron chi connectivity index (χ4n) is 1.29. The molecule has 4 nitrogen and oxygen atoms in total. The maximum Gasteiger partial charge on any atom is 0.271 e. The zero-order chi connectivity index (χ0) is 11.4. The van der Waals surface area contributed by atoms with Gasteiger partial charge in [0.1, 0.15) is 5.69 Å². The van der Waals surface area contributed by atoms with Gasteiger partial charge in [0.25, 0.3) is 5.91 Å². The molecule has 0 aromatic carbocycles. The van der Waals surface area contributed by atoms with Crippen molar-refractivity contribution in [1.82, 2.24) is 15.3 Å². The molecule has 2 aromatic heterocycles. The number of hydrogen-bond acceptors (Lipinski definition) is 2. The third-order valence-electron chi connectivity index (χ3n) is 2.09. The highest BCUT2D eigenvalue weighted by Gasteiger charge is 2.10. The fraction of sp³-hybridized carbons (Fsp3) is 0.0909. The number of H-pyrrole nitrogens is 1. The second kappa shape index (κ2) is 4.94. The average molecular weight is 280 g/mol. The minimum Gasteiger partial charge on any atom is -0.367 e. The number of pyridine rings is 1. The summed E-state index contributed by atoms with van der Waals surface area (Å²) in [6.07, 6.45) is 5.25. The van der Waals surface area contributed by atoms with Crippen LogP contribution in [0, 0.1) is 0 Å². The van der Waals surface area contributed by atoms with Crippen LogP contribution in [0.15, 0.2) is 41.3 Å². The van der Waals surface area contributed by atoms with Crippen molar-refractivity contribution in [3.8, 4) is 0 Å². The minimum atomic E-state index is -0.186. The Hall–Kier alpha value is -1.62. The van der Waals surface area contributed by atoms with Crippen LogP contribution in [-0.4, -0.2) is 15.9 Å². The van der Waals surface area contributed by atoms with Crippen LogP contribution in [0.5, 0.6) is 0 Å². The molecule has 0 saturated heterocycles. The molecule has 0 spiro atoms. The Morgan fingerprint density at radius 1 is 1.50 bits per heavy atom. The first kappa shape index (κ1) is 10.9. The van der Waals surface area contributed by atoms with Crippen molar-refractivity contribution < 1.29 is 4.79 Å². The van der Waals surface area contributed by atoms with Gasteiger partial charge in [-0.1, -0.05) is 0 Å². The largest absolute Gasteiger partial charge is 0.367 e. The molecule has 0 bridgehead atoms. The van der Waals surface area contributed by atoms with E-state index in [1.165, 1.54) is 0 Å². The first-order valence-electron chi connectivity index (χ1n) is 4.78. The van der Waals surface area contributed by atoms with Gasteiger partial charge in [0, 0.05) is 29.6 Å². The zero-order valence-electron chi connectivity index (χ0n) is 8.40. The second-order valence-electron chi connectivity index (χ2n) is 3.24. The first-order chi connectivity index (χ1) is 7.77. The predicted molar refractivity (Wildman–Crippen MR) is 63.9 cm³/mol. The first-order valence-corrected chi connectivity index (χ1v) is 5.57. The van der Waals surface area contributed by atoms with Crippen LogP contribution in [0.3, 0.4) is 0 Å². The van der Waals surface area contributed by atoms with Crippen molar-refractivity contribution in [2.24, 2.45) is 0 Å². The Balaban J connectivity index is 2.01. The minimum absolute atomic E-state index is 0.186. The number of rotatable bonds is 3. The molecule has 0 radical (unpaired) electrons. The summed E-state index contributed by atoms with van der Waals surface area (Å²) in [5, 5.41) is 2.79. The van der Waals surface area contributed by atoms with E-state index in [1.807, 2.05) is 18.5 Å². The maximum atomic E-state index is 11.7. The molecule has 0 aliphatic heterocycles. The van der Waals surface area contributed by atoms with Gasteiger partial charge in [0.05, 0.1) is 0 Å². The van der Waals surface area contributed by atoms with Gasteiger partial charge in [-0.15, -0.1) is 0 Å². The SMILES string of the molecule is O=C(NCc1cc[nH]c1)c1ncccc1Br. The number of aromatic amines is 1. The van der Waals surface area contributed by atoms with Gasteiger partial charge < -0.3 is 10.3 Å². The van der Waals surface area contributed by atoms with Crippen LogP contribution >= 0.6 is 15.9 Å². The number of nitrogens with one attached hydrogen (secondary N) is 2. The summed E-state index contributed by atoms with van der Waals surface area (Å²) >= 11 is 3.29. The quantitative estimate of drug-likeness (QED) is 0.904. The van der Waals surface area contributed by atoms with Gasteiger partial charge in [-0.3, -0.25) is 4.79 Å². The van der Waals surface area contributed by atoms with Gasteiger partial charge >= 0.3 is 0 Å². The Kier molecular flexibility index (Phi) is 3.36. The summed E-state index contributed by atoms with van der Waals surface area (Å²) in [5.41, 5.74) is 1.43. The van der Waals surface area contributed by atoms with E-state index in [0.29, 0.717) is 16.7 Å². The molecular weight excluding hydrogens is 270 g/mol. The Labute approximate surface area is 101 Å². The lowest BCUT2D eigenvalue weighted by atomic mass is 10.3. The van der Waals surface area contributed by atoms with Crippen LogP contribution in [0.25, 0.3) is 0 Å². The molecule has 0 saturated carbocycles. The Bertz CT molecular complexity index is 482. The molecule has 2 rings (SSSR count). The van der Waals surface area contributed by atoms with Crippen molar-refractivity contribution in [2.75, 3.05) is 0 Å². The normalized spacial score (nSPS) is 10.1. The highest BCUT2D eigenvalue weighted by molar-refractivity contribution is 9.10. The number of carbonyl (C=O) groups is 1. The van der Waals surface area contributed by atoms with E-state index in [4.69, 9.17) is 0 Å². The summed E-state index contributed by atoms with van der Waals surface area (Å²) in [4.78, 5) is 18.7. The van der Waals surface area contributed by atoms with E-state index in [-0.39, 0.29) is 5.91 Å². The second-order valence-corrected chi connectivity index (χ2v) is 4.09. The van der Waals surface area contributed by atoms with Gasteiger partial charge in [0.15, 0.2) is 0 Å². The molecule has 2 aromatic rings. The average Bonchev–Trinajstić information content (AvgIpc) is 2.79. The van der Waals surface area contributed by atoms with Crippen LogP contribution in [0.4, 0.5) is 0 Å². The van der Waals surface area contributed by atoms with Crippen molar-refractivity contribution >= 4 is 21.8 Å². The molecule has 0 fully saturated rings. The monoisotopic (exact) mass is 279 g/mol. The van der Waals surface area contributed by atoms with Gasteiger partial charge in [-0.05, 0) is 39.7 Å². The molecule has 0 aliphatic rings. The van der Waals surface area contributed by atoms with Crippen molar-refractivity contribution in [2.45, 2.75) is 6.54 Å². The van der Waals surface area contributed by atoms with Crippen LogP contribution in [0.1, 0.15) is 16.1 Å². The predicted octanol–water partition coefficient (Wildman–Crippen LogP) is 2.10. The lowest BCUT2D eigenvalue weighted by molar-refractivity contribution is 0.0945. The number of hydrogen-bond donors (Lipinski definition) is 2. The van der Waals surface area contributed by atoms with Gasteiger partial charge in [-0.25, -0.2) is 4.98 Å². The summed E-state index contributed by atoms with van der Waals surface area (Å²) in [6.45, 7) is 0.491. The maximum absolute atomic E-state index is 11.7. The van der Waals surface area contributed by atoms with Crippen molar-refractivity contribution in [3.63, 3.8) is 0 Å². The molecule has 2 heterocycles. The Morgan fingerprint density at radius 3 is 3.06 bits per heavy atom. The summed E-state index contributed by atoms with van der Waals surface area (Å²) in [6, 6.07) is 5.47. The van der Waals surface area contributed by atoms with E-state index in [0.717, 1.165) is 5.56 Å². The molecule has 0 atom stereocenters. The fourth-order valence-corrected chi connectivity index (χ4v) is 1.72. The highest BCUT2D eigenvalue weighted by atomic mass is 79.9. The van der Waals surface area contributed by atoms with Gasteiger partial charge in [0.2, 0.25) is 0 Å². The number of carbonyl (C=O) groups excluding carboxylic acids is 1. The summed E-state index contributed by atoms with van der Waals surface area (Å²) < 4.78 is 0.696. The lowest BCUT2D eigenvalue weighted by Crippen LogP contribution is -2.23. The van der Waals surface area contributed by atoms with Crippen molar-refractivity contribution in [3.05, 3.63) is 52.5 Å². The lowest BCUT2D eigenvalue weighted by Gasteiger charge is -2.04. The molecule has 16 heavy (non-hydrogen) atoms. The third kappa shape index (κ3) is 2.49.